The fourth-order valence-corrected chi connectivity index (χ4v) is 2.43. The van der Waals surface area contributed by atoms with E-state index in [9.17, 15) is 9.59 Å². The second kappa shape index (κ2) is 6.12. The molecule has 2 aromatic carbocycles. The summed E-state index contributed by atoms with van der Waals surface area (Å²) in [5.41, 5.74) is 1.01. The van der Waals surface area contributed by atoms with Crippen LogP contribution in [0.4, 0.5) is 0 Å². The second-order valence-electron chi connectivity index (χ2n) is 4.95. The van der Waals surface area contributed by atoms with Gasteiger partial charge in [-0.15, -0.1) is 0 Å². The molecule has 0 unspecified atom stereocenters. The predicted molar refractivity (Wildman–Crippen MR) is 87.1 cm³/mol. The Bertz CT molecular complexity index is 939. The number of benzene rings is 2. The molecule has 0 bridgehead atoms. The quantitative estimate of drug-likeness (QED) is 0.545. The minimum absolute atomic E-state index is 0.154. The summed E-state index contributed by atoms with van der Waals surface area (Å²) in [6, 6.07) is 9.79. The fraction of sp³-hybridized carbons (Fsp3) is 0.222. The summed E-state index contributed by atoms with van der Waals surface area (Å²) in [5, 5.41) is 0.867. The van der Waals surface area contributed by atoms with Crippen LogP contribution in [0.5, 0.6) is 5.75 Å². The topological polar surface area (TPSA) is 65.7 Å². The largest absolute Gasteiger partial charge is 0.494 e. The second-order valence-corrected chi connectivity index (χ2v) is 4.95. The number of fused-ring (bicyclic) bond motifs is 2. The van der Waals surface area contributed by atoms with Crippen LogP contribution in [0.2, 0.25) is 0 Å². The Morgan fingerprint density at radius 3 is 2.57 bits per heavy atom. The van der Waals surface area contributed by atoms with E-state index in [1.165, 1.54) is 6.07 Å². The van der Waals surface area contributed by atoms with Gasteiger partial charge >= 0.3 is 5.97 Å². The number of hydrogen-bond acceptors (Lipinski definition) is 5. The molecule has 0 radical (unpaired) electrons. The fourth-order valence-electron chi connectivity index (χ4n) is 2.43. The van der Waals surface area contributed by atoms with Gasteiger partial charge in [0.1, 0.15) is 16.9 Å². The zero-order valence-corrected chi connectivity index (χ0v) is 12.9. The van der Waals surface area contributed by atoms with Crippen molar-refractivity contribution in [3.05, 3.63) is 52.2 Å². The molecule has 23 heavy (non-hydrogen) atoms. The van der Waals surface area contributed by atoms with Gasteiger partial charge in [-0.05, 0) is 50.2 Å². The van der Waals surface area contributed by atoms with Crippen molar-refractivity contribution in [2.75, 3.05) is 13.2 Å². The third-order valence-electron chi connectivity index (χ3n) is 3.46. The van der Waals surface area contributed by atoms with E-state index in [0.29, 0.717) is 46.5 Å². The average Bonchev–Trinajstić information content (AvgIpc) is 2.56. The summed E-state index contributed by atoms with van der Waals surface area (Å²) < 4.78 is 16.1. The number of carbonyl (C=O) groups is 1. The predicted octanol–water partition coefficient (Wildman–Crippen LogP) is 3.52. The minimum Gasteiger partial charge on any atom is -0.494 e. The molecule has 0 aliphatic rings. The molecule has 0 saturated heterocycles. The van der Waals surface area contributed by atoms with E-state index in [4.69, 9.17) is 13.9 Å². The Labute approximate surface area is 132 Å². The van der Waals surface area contributed by atoms with E-state index in [1.807, 2.05) is 6.92 Å². The first kappa shape index (κ1) is 15.1. The molecule has 3 rings (SSSR count). The van der Waals surface area contributed by atoms with Crippen LogP contribution in [0, 0.1) is 0 Å². The maximum atomic E-state index is 12.6. The summed E-state index contributed by atoms with van der Waals surface area (Å²) in [6.45, 7) is 4.43. The van der Waals surface area contributed by atoms with Crippen LogP contribution in [-0.4, -0.2) is 19.2 Å². The van der Waals surface area contributed by atoms with E-state index in [0.717, 1.165) is 0 Å². The summed E-state index contributed by atoms with van der Waals surface area (Å²) >= 11 is 0. The number of esters is 1. The molecule has 5 nitrogen and oxygen atoms in total. The lowest BCUT2D eigenvalue weighted by Gasteiger charge is -2.06. The zero-order valence-electron chi connectivity index (χ0n) is 12.9. The molecule has 0 amide bonds. The van der Waals surface area contributed by atoms with E-state index in [-0.39, 0.29) is 5.43 Å². The van der Waals surface area contributed by atoms with Crippen LogP contribution in [0.3, 0.4) is 0 Å². The van der Waals surface area contributed by atoms with Crippen LogP contribution in [0.15, 0.2) is 45.6 Å². The molecular formula is C18H16O5. The van der Waals surface area contributed by atoms with Gasteiger partial charge in [-0.1, -0.05) is 0 Å². The molecule has 0 aliphatic carbocycles. The summed E-state index contributed by atoms with van der Waals surface area (Å²) in [5.74, 6) is 0.179. The molecule has 1 heterocycles. The van der Waals surface area contributed by atoms with Crippen LogP contribution in [0.25, 0.3) is 21.9 Å². The number of hydrogen-bond donors (Lipinski definition) is 0. The minimum atomic E-state index is -0.441. The summed E-state index contributed by atoms with van der Waals surface area (Å²) in [7, 11) is 0. The highest BCUT2D eigenvalue weighted by Crippen LogP contribution is 2.23. The summed E-state index contributed by atoms with van der Waals surface area (Å²) in [4.78, 5) is 24.4. The van der Waals surface area contributed by atoms with Crippen molar-refractivity contribution >= 4 is 27.9 Å². The highest BCUT2D eigenvalue weighted by molar-refractivity contribution is 5.96. The Hall–Kier alpha value is -2.82. The lowest BCUT2D eigenvalue weighted by atomic mass is 10.1. The smallest absolute Gasteiger partial charge is 0.338 e. The van der Waals surface area contributed by atoms with Crippen molar-refractivity contribution in [3.63, 3.8) is 0 Å². The monoisotopic (exact) mass is 312 g/mol. The molecule has 118 valence electrons. The number of carbonyl (C=O) groups excluding carboxylic acids is 1. The van der Waals surface area contributed by atoms with Gasteiger partial charge in [-0.25, -0.2) is 4.79 Å². The normalized spacial score (nSPS) is 10.9. The molecular weight excluding hydrogens is 296 g/mol. The Morgan fingerprint density at radius 1 is 1.00 bits per heavy atom. The first-order valence-corrected chi connectivity index (χ1v) is 7.44. The van der Waals surface area contributed by atoms with Gasteiger partial charge in [-0.3, -0.25) is 4.79 Å². The molecule has 0 saturated carbocycles. The molecule has 1 aromatic heterocycles. The van der Waals surface area contributed by atoms with Crippen LogP contribution in [-0.2, 0) is 4.74 Å². The third-order valence-corrected chi connectivity index (χ3v) is 3.46. The maximum Gasteiger partial charge on any atom is 0.338 e. The molecule has 0 atom stereocenters. The molecule has 0 fully saturated rings. The van der Waals surface area contributed by atoms with Crippen LogP contribution >= 0.6 is 0 Å². The first-order valence-electron chi connectivity index (χ1n) is 7.44. The highest BCUT2D eigenvalue weighted by Gasteiger charge is 2.12. The number of ether oxygens (including phenoxy) is 2. The SMILES string of the molecule is CCOC(=O)c1ccc2c(=O)c3cc(OCC)ccc3oc2c1. The zero-order chi connectivity index (χ0) is 16.4. The van der Waals surface area contributed by atoms with Gasteiger partial charge < -0.3 is 13.9 Å². The van der Waals surface area contributed by atoms with E-state index < -0.39 is 5.97 Å². The standard InChI is InChI=1S/C18H16O5/c1-3-21-12-6-8-15-14(10-12)17(19)13-7-5-11(9-16(13)23-15)18(20)22-4-2/h5-10H,3-4H2,1-2H3. The lowest BCUT2D eigenvalue weighted by molar-refractivity contribution is 0.0526. The molecule has 0 spiro atoms. The van der Waals surface area contributed by atoms with E-state index in [1.54, 1.807) is 37.3 Å². The van der Waals surface area contributed by atoms with Gasteiger partial charge in [0.2, 0.25) is 5.43 Å². The Kier molecular flexibility index (Phi) is 4.02. The molecule has 3 aromatic rings. The van der Waals surface area contributed by atoms with Crippen molar-refractivity contribution in [1.29, 1.82) is 0 Å². The van der Waals surface area contributed by atoms with Gasteiger partial charge in [0.25, 0.3) is 0 Å². The van der Waals surface area contributed by atoms with Crippen molar-refractivity contribution in [2.45, 2.75) is 13.8 Å². The van der Waals surface area contributed by atoms with E-state index >= 15 is 0 Å². The van der Waals surface area contributed by atoms with Gasteiger partial charge in [0.15, 0.2) is 0 Å². The maximum absolute atomic E-state index is 12.6. The van der Waals surface area contributed by atoms with Crippen LogP contribution in [0.1, 0.15) is 24.2 Å². The van der Waals surface area contributed by atoms with Gasteiger partial charge in [0, 0.05) is 0 Å². The van der Waals surface area contributed by atoms with Crippen molar-refractivity contribution in [2.24, 2.45) is 0 Å². The average molecular weight is 312 g/mol. The lowest BCUT2D eigenvalue weighted by Crippen LogP contribution is -2.07. The van der Waals surface area contributed by atoms with Crippen molar-refractivity contribution in [3.8, 4) is 5.75 Å². The third kappa shape index (κ3) is 2.77. The molecule has 0 aliphatic heterocycles. The van der Waals surface area contributed by atoms with E-state index in [2.05, 4.69) is 0 Å². The molecule has 0 N–H and O–H groups in total. The van der Waals surface area contributed by atoms with Crippen molar-refractivity contribution < 1.29 is 18.7 Å². The first-order chi connectivity index (χ1) is 11.1. The Morgan fingerprint density at radius 2 is 1.83 bits per heavy atom. The molecule has 5 heteroatoms. The Balaban J connectivity index is 2.19. The van der Waals surface area contributed by atoms with Crippen molar-refractivity contribution in [1.82, 2.24) is 0 Å². The van der Waals surface area contributed by atoms with Gasteiger partial charge in [0.05, 0.1) is 29.5 Å². The highest BCUT2D eigenvalue weighted by atomic mass is 16.5. The summed E-state index contributed by atoms with van der Waals surface area (Å²) in [6.07, 6.45) is 0. The van der Waals surface area contributed by atoms with Gasteiger partial charge in [-0.2, -0.15) is 0 Å². The van der Waals surface area contributed by atoms with Crippen LogP contribution < -0.4 is 10.2 Å². The number of rotatable bonds is 4.